The number of fused-ring (bicyclic) bond motifs is 1. The number of carboxylic acid groups (broad SMARTS) is 1. The number of hydrogen-bond acceptors (Lipinski definition) is 5. The molecule has 8 heteroatoms. The molecule has 0 aliphatic carbocycles. The van der Waals surface area contributed by atoms with Crippen LogP contribution in [0.3, 0.4) is 0 Å². The minimum atomic E-state index is -1.72. The highest BCUT2D eigenvalue weighted by molar-refractivity contribution is 6.31. The standard InChI is InChI=1S/C27H23ClN2O5/c1-35-20-14-8-7-13-19(20)30-24(31)21-22(25(30)32)27(26(33)34,15-16-9-3-2-4-10-16)29-23(21)17-11-5-6-12-18(17)28/h2-14,21-23,29H,15H2,1H3,(H,33,34)/t21-,22+,23-,27+/m0/s1. The Labute approximate surface area is 207 Å². The van der Waals surface area contributed by atoms with E-state index >= 15 is 0 Å². The summed E-state index contributed by atoms with van der Waals surface area (Å²) in [5, 5.41) is 14.1. The van der Waals surface area contributed by atoms with E-state index in [1.807, 2.05) is 30.3 Å². The Morgan fingerprint density at radius 2 is 1.66 bits per heavy atom. The number of methoxy groups -OCH3 is 1. The van der Waals surface area contributed by atoms with E-state index in [4.69, 9.17) is 16.3 Å². The summed E-state index contributed by atoms with van der Waals surface area (Å²) in [6.45, 7) is 0. The minimum Gasteiger partial charge on any atom is -0.495 e. The normalized spacial score (nSPS) is 25.5. The maximum absolute atomic E-state index is 14.0. The van der Waals surface area contributed by atoms with Crippen molar-refractivity contribution in [1.29, 1.82) is 0 Å². The molecule has 2 fully saturated rings. The third-order valence-electron chi connectivity index (χ3n) is 6.93. The fraction of sp³-hybridized carbons (Fsp3) is 0.222. The number of carboxylic acids is 1. The van der Waals surface area contributed by atoms with Gasteiger partial charge in [-0.25, -0.2) is 4.90 Å². The maximum atomic E-state index is 14.0. The van der Waals surface area contributed by atoms with Crippen molar-refractivity contribution in [2.75, 3.05) is 12.0 Å². The second-order valence-electron chi connectivity index (χ2n) is 8.77. The topological polar surface area (TPSA) is 95.9 Å². The van der Waals surface area contributed by atoms with E-state index in [1.165, 1.54) is 7.11 Å². The van der Waals surface area contributed by atoms with Crippen molar-refractivity contribution in [1.82, 2.24) is 5.32 Å². The molecule has 178 valence electrons. The van der Waals surface area contributed by atoms with Crippen molar-refractivity contribution in [3.63, 3.8) is 0 Å². The summed E-state index contributed by atoms with van der Waals surface area (Å²) in [4.78, 5) is 41.9. The molecule has 35 heavy (non-hydrogen) atoms. The SMILES string of the molecule is COc1ccccc1N1C(=O)[C@@H]2[C@H](c3ccccc3Cl)N[C@@](Cc3ccccc3)(C(=O)O)[C@H]2C1=O. The summed E-state index contributed by atoms with van der Waals surface area (Å²) in [6, 6.07) is 22.0. The Hall–Kier alpha value is -3.68. The number of rotatable bonds is 6. The third kappa shape index (κ3) is 3.59. The Morgan fingerprint density at radius 3 is 2.34 bits per heavy atom. The number of ether oxygens (including phenoxy) is 1. The zero-order chi connectivity index (χ0) is 24.7. The first kappa shape index (κ1) is 23.1. The lowest BCUT2D eigenvalue weighted by atomic mass is 9.76. The van der Waals surface area contributed by atoms with Crippen LogP contribution >= 0.6 is 11.6 Å². The minimum absolute atomic E-state index is 0.0179. The number of para-hydroxylation sites is 2. The summed E-state index contributed by atoms with van der Waals surface area (Å²) in [5.41, 5.74) is -0.129. The predicted molar refractivity (Wildman–Crippen MR) is 130 cm³/mol. The van der Waals surface area contributed by atoms with Crippen LogP contribution < -0.4 is 15.0 Å². The number of imide groups is 1. The molecule has 0 bridgehead atoms. The largest absolute Gasteiger partial charge is 0.495 e. The first-order chi connectivity index (χ1) is 16.9. The van der Waals surface area contributed by atoms with Gasteiger partial charge in [-0.15, -0.1) is 0 Å². The van der Waals surface area contributed by atoms with Crippen molar-refractivity contribution in [3.8, 4) is 5.75 Å². The second-order valence-corrected chi connectivity index (χ2v) is 9.18. The first-order valence-corrected chi connectivity index (χ1v) is 11.6. The van der Waals surface area contributed by atoms with E-state index in [9.17, 15) is 19.5 Å². The monoisotopic (exact) mass is 490 g/mol. The number of nitrogens with one attached hydrogen (secondary N) is 1. The summed E-state index contributed by atoms with van der Waals surface area (Å²) >= 11 is 6.50. The van der Waals surface area contributed by atoms with Crippen LogP contribution in [0.15, 0.2) is 78.9 Å². The molecule has 0 radical (unpaired) electrons. The van der Waals surface area contributed by atoms with Gasteiger partial charge in [0.2, 0.25) is 11.8 Å². The number of carbonyl (C=O) groups is 3. The molecule has 3 aromatic carbocycles. The lowest BCUT2D eigenvalue weighted by Gasteiger charge is -2.31. The van der Waals surface area contributed by atoms with Gasteiger partial charge in [-0.3, -0.25) is 19.7 Å². The molecule has 0 spiro atoms. The van der Waals surface area contributed by atoms with E-state index in [0.29, 0.717) is 16.3 Å². The highest BCUT2D eigenvalue weighted by Crippen LogP contribution is 2.52. The van der Waals surface area contributed by atoms with E-state index in [-0.39, 0.29) is 12.1 Å². The van der Waals surface area contributed by atoms with E-state index in [1.54, 1.807) is 48.5 Å². The highest BCUT2D eigenvalue weighted by Gasteiger charge is 2.69. The Bertz CT molecular complexity index is 1310. The molecule has 0 unspecified atom stereocenters. The van der Waals surface area contributed by atoms with Gasteiger partial charge in [0.25, 0.3) is 0 Å². The third-order valence-corrected chi connectivity index (χ3v) is 7.27. The molecule has 2 saturated heterocycles. The molecule has 0 saturated carbocycles. The first-order valence-electron chi connectivity index (χ1n) is 11.2. The van der Waals surface area contributed by atoms with Gasteiger partial charge in [0.15, 0.2) is 0 Å². The number of carbonyl (C=O) groups excluding carboxylic acids is 2. The van der Waals surface area contributed by atoms with Crippen molar-refractivity contribution in [2.24, 2.45) is 11.8 Å². The molecule has 0 aromatic heterocycles. The Kier molecular flexibility index (Phi) is 5.83. The van der Waals surface area contributed by atoms with Gasteiger partial charge < -0.3 is 9.84 Å². The zero-order valence-corrected chi connectivity index (χ0v) is 19.6. The van der Waals surface area contributed by atoms with Gasteiger partial charge in [-0.2, -0.15) is 0 Å². The molecule has 5 rings (SSSR count). The fourth-order valence-electron chi connectivity index (χ4n) is 5.40. The van der Waals surface area contributed by atoms with Gasteiger partial charge >= 0.3 is 5.97 Å². The van der Waals surface area contributed by atoms with Crippen LogP contribution in [0.1, 0.15) is 17.2 Å². The van der Waals surface area contributed by atoms with E-state index in [0.717, 1.165) is 10.5 Å². The molecule has 2 N–H and O–H groups in total. The van der Waals surface area contributed by atoms with Crippen LogP contribution in [0, 0.1) is 11.8 Å². The van der Waals surface area contributed by atoms with Gasteiger partial charge in [-0.1, -0.05) is 72.3 Å². The highest BCUT2D eigenvalue weighted by atomic mass is 35.5. The fourth-order valence-corrected chi connectivity index (χ4v) is 5.66. The lowest BCUT2D eigenvalue weighted by Crippen LogP contribution is -2.57. The summed E-state index contributed by atoms with van der Waals surface area (Å²) in [7, 11) is 1.45. The van der Waals surface area contributed by atoms with Crippen molar-refractivity contribution >= 4 is 35.1 Å². The number of amides is 2. The number of halogens is 1. The molecule has 2 aliphatic heterocycles. The van der Waals surface area contributed by atoms with Crippen LogP contribution in [-0.2, 0) is 20.8 Å². The van der Waals surface area contributed by atoms with Crippen molar-refractivity contribution < 1.29 is 24.2 Å². The second kappa shape index (κ2) is 8.83. The molecule has 2 aliphatic rings. The Morgan fingerprint density at radius 1 is 1.00 bits per heavy atom. The zero-order valence-electron chi connectivity index (χ0n) is 18.9. The maximum Gasteiger partial charge on any atom is 0.325 e. The number of aliphatic carboxylic acids is 1. The lowest BCUT2D eigenvalue weighted by molar-refractivity contribution is -0.148. The molecule has 4 atom stereocenters. The van der Waals surface area contributed by atoms with Crippen LogP contribution in [0.25, 0.3) is 0 Å². The number of nitrogens with zero attached hydrogens (tertiary/aromatic N) is 1. The summed E-state index contributed by atoms with van der Waals surface area (Å²) in [5.74, 6) is -4.04. The molecular formula is C27H23ClN2O5. The summed E-state index contributed by atoms with van der Waals surface area (Å²) < 4.78 is 5.40. The molecule has 3 aromatic rings. The van der Waals surface area contributed by atoms with Gasteiger partial charge in [0.05, 0.1) is 24.6 Å². The van der Waals surface area contributed by atoms with Crippen LogP contribution in [-0.4, -0.2) is 35.5 Å². The van der Waals surface area contributed by atoms with Crippen LogP contribution in [0.2, 0.25) is 5.02 Å². The number of benzene rings is 3. The average Bonchev–Trinajstić information content (AvgIpc) is 3.34. The van der Waals surface area contributed by atoms with Crippen molar-refractivity contribution in [2.45, 2.75) is 18.0 Å². The van der Waals surface area contributed by atoms with Crippen LogP contribution in [0.4, 0.5) is 5.69 Å². The van der Waals surface area contributed by atoms with Crippen molar-refractivity contribution in [3.05, 3.63) is 95.0 Å². The van der Waals surface area contributed by atoms with E-state index in [2.05, 4.69) is 5.32 Å². The van der Waals surface area contributed by atoms with Gasteiger partial charge in [0, 0.05) is 17.5 Å². The van der Waals surface area contributed by atoms with E-state index < -0.39 is 41.2 Å². The summed E-state index contributed by atoms with van der Waals surface area (Å²) in [6.07, 6.45) is 0.0179. The van der Waals surface area contributed by atoms with Gasteiger partial charge in [-0.05, 0) is 29.3 Å². The smallest absolute Gasteiger partial charge is 0.325 e. The molecule has 2 heterocycles. The number of anilines is 1. The van der Waals surface area contributed by atoms with Crippen LogP contribution in [0.5, 0.6) is 5.75 Å². The Balaban J connectivity index is 1.69. The molecule has 2 amide bonds. The quantitative estimate of drug-likeness (QED) is 0.509. The van der Waals surface area contributed by atoms with Gasteiger partial charge in [0.1, 0.15) is 11.3 Å². The predicted octanol–water partition coefficient (Wildman–Crippen LogP) is 3.86. The number of hydrogen-bond donors (Lipinski definition) is 2. The molecular weight excluding hydrogens is 468 g/mol. The average molecular weight is 491 g/mol. The molecule has 7 nitrogen and oxygen atoms in total.